The SMILES string of the molecule is C=C(CC)C(C)(C)CC(C)C. The van der Waals surface area contributed by atoms with Crippen molar-refractivity contribution in [3.8, 4) is 0 Å². The minimum absolute atomic E-state index is 0.336. The maximum absolute atomic E-state index is 4.10. The van der Waals surface area contributed by atoms with Gasteiger partial charge in [-0.2, -0.15) is 0 Å². The Morgan fingerprint density at radius 3 is 2.09 bits per heavy atom. The molecule has 0 aliphatic carbocycles. The first kappa shape index (κ1) is 10.7. The van der Waals surface area contributed by atoms with Gasteiger partial charge in [0.25, 0.3) is 0 Å². The van der Waals surface area contributed by atoms with Crippen molar-refractivity contribution in [1.29, 1.82) is 0 Å². The molecule has 0 fully saturated rings. The van der Waals surface area contributed by atoms with E-state index in [1.54, 1.807) is 0 Å². The van der Waals surface area contributed by atoms with Gasteiger partial charge in [0.2, 0.25) is 0 Å². The lowest BCUT2D eigenvalue weighted by atomic mass is 9.77. The summed E-state index contributed by atoms with van der Waals surface area (Å²) < 4.78 is 0. The van der Waals surface area contributed by atoms with Crippen molar-refractivity contribution in [2.75, 3.05) is 0 Å². The summed E-state index contributed by atoms with van der Waals surface area (Å²) in [5.41, 5.74) is 1.72. The molecule has 0 heterocycles. The van der Waals surface area contributed by atoms with Crippen LogP contribution in [0.2, 0.25) is 0 Å². The van der Waals surface area contributed by atoms with Gasteiger partial charge in [0.1, 0.15) is 0 Å². The summed E-state index contributed by atoms with van der Waals surface area (Å²) in [5, 5.41) is 0. The molecular formula is C11H22. The zero-order valence-corrected chi connectivity index (χ0v) is 8.70. The van der Waals surface area contributed by atoms with Crippen LogP contribution in [0, 0.1) is 11.3 Å². The van der Waals surface area contributed by atoms with Gasteiger partial charge in [0.05, 0.1) is 0 Å². The quantitative estimate of drug-likeness (QED) is 0.536. The first-order valence-electron chi connectivity index (χ1n) is 4.58. The zero-order chi connectivity index (χ0) is 9.07. The third kappa shape index (κ3) is 3.60. The molecule has 0 rings (SSSR count). The Labute approximate surface area is 71.7 Å². The van der Waals surface area contributed by atoms with Crippen LogP contribution in [0.4, 0.5) is 0 Å². The second kappa shape index (κ2) is 3.94. The molecule has 0 heteroatoms. The summed E-state index contributed by atoms with van der Waals surface area (Å²) in [6.45, 7) is 15.4. The monoisotopic (exact) mass is 154 g/mol. The van der Waals surface area contributed by atoms with Crippen molar-refractivity contribution >= 4 is 0 Å². The molecule has 66 valence electrons. The fourth-order valence-electron chi connectivity index (χ4n) is 1.64. The molecule has 11 heavy (non-hydrogen) atoms. The summed E-state index contributed by atoms with van der Waals surface area (Å²) in [4.78, 5) is 0. The van der Waals surface area contributed by atoms with Crippen LogP contribution in [-0.4, -0.2) is 0 Å². The van der Waals surface area contributed by atoms with Crippen molar-refractivity contribution < 1.29 is 0 Å². The molecule has 0 radical (unpaired) electrons. The van der Waals surface area contributed by atoms with Gasteiger partial charge in [-0.05, 0) is 24.2 Å². The fourth-order valence-corrected chi connectivity index (χ4v) is 1.64. The highest BCUT2D eigenvalue weighted by atomic mass is 14.3. The van der Waals surface area contributed by atoms with Crippen LogP contribution < -0.4 is 0 Å². The third-order valence-corrected chi connectivity index (χ3v) is 2.30. The number of hydrogen-bond donors (Lipinski definition) is 0. The van der Waals surface area contributed by atoms with Crippen molar-refractivity contribution in [1.82, 2.24) is 0 Å². The molecule has 0 spiro atoms. The van der Waals surface area contributed by atoms with Gasteiger partial charge in [0.15, 0.2) is 0 Å². The van der Waals surface area contributed by atoms with Gasteiger partial charge in [-0.1, -0.05) is 46.8 Å². The van der Waals surface area contributed by atoms with E-state index < -0.39 is 0 Å². The first-order valence-corrected chi connectivity index (χ1v) is 4.58. The molecule has 0 aromatic carbocycles. The second-order valence-corrected chi connectivity index (χ2v) is 4.44. The highest BCUT2D eigenvalue weighted by molar-refractivity contribution is 5.06. The fraction of sp³-hybridized carbons (Fsp3) is 0.818. The lowest BCUT2D eigenvalue weighted by Gasteiger charge is -2.28. The van der Waals surface area contributed by atoms with Crippen LogP contribution in [0.25, 0.3) is 0 Å². The predicted octanol–water partition coefficient (Wildman–Crippen LogP) is 4.02. The molecule has 0 saturated heterocycles. The smallest absolute Gasteiger partial charge is 0.0145 e. The maximum atomic E-state index is 4.10. The molecule has 0 aromatic rings. The molecule has 0 bridgehead atoms. The average Bonchev–Trinajstić information content (AvgIpc) is 1.83. The van der Waals surface area contributed by atoms with Gasteiger partial charge in [-0.25, -0.2) is 0 Å². The Hall–Kier alpha value is -0.260. The van der Waals surface area contributed by atoms with Gasteiger partial charge >= 0.3 is 0 Å². The molecule has 0 aliphatic rings. The number of hydrogen-bond acceptors (Lipinski definition) is 0. The van der Waals surface area contributed by atoms with E-state index in [0.717, 1.165) is 12.3 Å². The summed E-state index contributed by atoms with van der Waals surface area (Å²) >= 11 is 0. The van der Waals surface area contributed by atoms with E-state index in [0.29, 0.717) is 5.41 Å². The first-order chi connectivity index (χ1) is 4.90. The summed E-state index contributed by atoms with van der Waals surface area (Å²) in [5.74, 6) is 0.772. The van der Waals surface area contributed by atoms with Crippen LogP contribution in [0.1, 0.15) is 47.5 Å². The Morgan fingerprint density at radius 1 is 1.36 bits per heavy atom. The van der Waals surface area contributed by atoms with E-state index in [2.05, 4.69) is 41.2 Å². The van der Waals surface area contributed by atoms with E-state index in [4.69, 9.17) is 0 Å². The summed E-state index contributed by atoms with van der Waals surface area (Å²) in [6.07, 6.45) is 2.36. The Balaban J connectivity index is 4.09. The maximum Gasteiger partial charge on any atom is -0.0145 e. The van der Waals surface area contributed by atoms with Crippen molar-refractivity contribution in [3.63, 3.8) is 0 Å². The third-order valence-electron chi connectivity index (χ3n) is 2.30. The molecule has 0 unspecified atom stereocenters. The van der Waals surface area contributed by atoms with Gasteiger partial charge < -0.3 is 0 Å². The molecule has 0 amide bonds. The standard InChI is InChI=1S/C11H22/c1-7-10(4)11(5,6)8-9(2)3/h9H,4,7-8H2,1-3,5-6H3. The minimum Gasteiger partial charge on any atom is -0.0993 e. The highest BCUT2D eigenvalue weighted by Gasteiger charge is 2.21. The van der Waals surface area contributed by atoms with E-state index in [1.807, 2.05) is 0 Å². The second-order valence-electron chi connectivity index (χ2n) is 4.44. The Morgan fingerprint density at radius 2 is 1.82 bits per heavy atom. The van der Waals surface area contributed by atoms with E-state index in [1.165, 1.54) is 12.0 Å². The number of rotatable bonds is 4. The van der Waals surface area contributed by atoms with Crippen LogP contribution in [0.5, 0.6) is 0 Å². The highest BCUT2D eigenvalue weighted by Crippen LogP contribution is 2.33. The lowest BCUT2D eigenvalue weighted by Crippen LogP contribution is -2.16. The van der Waals surface area contributed by atoms with Gasteiger partial charge in [-0.3, -0.25) is 0 Å². The minimum atomic E-state index is 0.336. The molecule has 0 aromatic heterocycles. The zero-order valence-electron chi connectivity index (χ0n) is 8.70. The average molecular weight is 154 g/mol. The molecule has 0 N–H and O–H groups in total. The summed E-state index contributed by atoms with van der Waals surface area (Å²) in [7, 11) is 0. The van der Waals surface area contributed by atoms with Crippen molar-refractivity contribution in [2.24, 2.45) is 11.3 Å². The summed E-state index contributed by atoms with van der Waals surface area (Å²) in [6, 6.07) is 0. The van der Waals surface area contributed by atoms with E-state index in [9.17, 15) is 0 Å². The van der Waals surface area contributed by atoms with Crippen LogP contribution in [0.15, 0.2) is 12.2 Å². The Bertz CT molecular complexity index is 129. The van der Waals surface area contributed by atoms with Crippen LogP contribution in [0.3, 0.4) is 0 Å². The molecular weight excluding hydrogens is 132 g/mol. The van der Waals surface area contributed by atoms with Crippen molar-refractivity contribution in [3.05, 3.63) is 12.2 Å². The molecule has 0 nitrogen and oxygen atoms in total. The largest absolute Gasteiger partial charge is 0.0993 e. The van der Waals surface area contributed by atoms with E-state index >= 15 is 0 Å². The van der Waals surface area contributed by atoms with Crippen LogP contribution >= 0.6 is 0 Å². The van der Waals surface area contributed by atoms with Gasteiger partial charge in [0, 0.05) is 0 Å². The molecule has 0 aliphatic heterocycles. The molecule has 0 saturated carbocycles. The van der Waals surface area contributed by atoms with E-state index in [-0.39, 0.29) is 0 Å². The predicted molar refractivity (Wildman–Crippen MR) is 52.7 cm³/mol. The Kier molecular flexibility index (Phi) is 3.85. The normalized spacial score (nSPS) is 12.2. The molecule has 0 atom stereocenters. The van der Waals surface area contributed by atoms with Crippen LogP contribution in [-0.2, 0) is 0 Å². The topological polar surface area (TPSA) is 0 Å². The number of allylic oxidation sites excluding steroid dienone is 1. The lowest BCUT2D eigenvalue weighted by molar-refractivity contribution is 0.338. The van der Waals surface area contributed by atoms with Gasteiger partial charge in [-0.15, -0.1) is 0 Å². The van der Waals surface area contributed by atoms with Crippen molar-refractivity contribution in [2.45, 2.75) is 47.5 Å².